The van der Waals surface area contributed by atoms with Gasteiger partial charge in [-0.05, 0) is 31.6 Å². The Hall–Kier alpha value is -3.22. The number of carbonyl (C=O) groups is 2. The minimum atomic E-state index is -0.560. The number of nitrogens with one attached hydrogen (secondary N) is 1. The number of urea groups is 2. The SMILES string of the molecule is CCCN1C(=O)N=C2C=CC=CC2/C1=N\C(=O)Nc1ccccc1OCC. The van der Waals surface area contributed by atoms with Gasteiger partial charge >= 0.3 is 12.1 Å². The molecule has 7 nitrogen and oxygen atoms in total. The molecule has 0 spiro atoms. The third-order valence-corrected chi connectivity index (χ3v) is 4.10. The number of hydrogen-bond acceptors (Lipinski definition) is 3. The van der Waals surface area contributed by atoms with E-state index in [1.807, 2.05) is 38.1 Å². The van der Waals surface area contributed by atoms with E-state index in [-0.39, 0.29) is 5.92 Å². The fourth-order valence-corrected chi connectivity index (χ4v) is 2.96. The fourth-order valence-electron chi connectivity index (χ4n) is 2.96. The van der Waals surface area contributed by atoms with Crippen molar-refractivity contribution in [3.8, 4) is 5.75 Å². The molecule has 7 heteroatoms. The van der Waals surface area contributed by atoms with E-state index in [4.69, 9.17) is 4.74 Å². The Kier molecular flexibility index (Phi) is 5.80. The summed E-state index contributed by atoms with van der Waals surface area (Å²) in [6, 6.07) is 6.20. The van der Waals surface area contributed by atoms with Crippen LogP contribution in [0, 0.1) is 5.92 Å². The highest BCUT2D eigenvalue weighted by Gasteiger charge is 2.34. The number of nitrogens with zero attached hydrogens (tertiary/aromatic N) is 3. The quantitative estimate of drug-likeness (QED) is 0.853. The molecule has 1 atom stereocenters. The number of amidine groups is 1. The van der Waals surface area contributed by atoms with Gasteiger partial charge in [0.15, 0.2) is 0 Å². The van der Waals surface area contributed by atoms with Gasteiger partial charge in [-0.2, -0.15) is 9.98 Å². The first-order chi connectivity index (χ1) is 13.1. The van der Waals surface area contributed by atoms with Gasteiger partial charge in [-0.3, -0.25) is 4.90 Å². The number of rotatable bonds is 5. The zero-order valence-corrected chi connectivity index (χ0v) is 15.4. The van der Waals surface area contributed by atoms with Crippen molar-refractivity contribution in [2.75, 3.05) is 18.5 Å². The second-order valence-corrected chi connectivity index (χ2v) is 6.02. The van der Waals surface area contributed by atoms with Crippen molar-refractivity contribution < 1.29 is 14.3 Å². The van der Waals surface area contributed by atoms with E-state index in [2.05, 4.69) is 15.3 Å². The molecule has 3 rings (SSSR count). The first kappa shape index (κ1) is 18.6. The molecule has 0 aromatic heterocycles. The van der Waals surface area contributed by atoms with Crippen molar-refractivity contribution in [3.05, 3.63) is 48.6 Å². The number of benzene rings is 1. The lowest BCUT2D eigenvalue weighted by Crippen LogP contribution is -2.47. The van der Waals surface area contributed by atoms with Crippen molar-refractivity contribution in [2.45, 2.75) is 20.3 Å². The van der Waals surface area contributed by atoms with Crippen molar-refractivity contribution in [1.82, 2.24) is 4.90 Å². The number of fused-ring (bicyclic) bond motifs is 1. The van der Waals surface area contributed by atoms with E-state index in [1.165, 1.54) is 4.90 Å². The van der Waals surface area contributed by atoms with E-state index in [9.17, 15) is 9.59 Å². The lowest BCUT2D eigenvalue weighted by molar-refractivity contribution is 0.228. The van der Waals surface area contributed by atoms with Gasteiger partial charge in [0.05, 0.1) is 23.9 Å². The Labute approximate surface area is 158 Å². The first-order valence-corrected chi connectivity index (χ1v) is 9.00. The van der Waals surface area contributed by atoms with Crippen LogP contribution in [0.5, 0.6) is 5.75 Å². The van der Waals surface area contributed by atoms with Gasteiger partial charge < -0.3 is 10.1 Å². The Bertz CT molecular complexity index is 855. The average Bonchev–Trinajstić information content (AvgIpc) is 2.66. The molecule has 1 heterocycles. The number of allylic oxidation sites excluding steroid dienone is 3. The Morgan fingerprint density at radius 2 is 2.11 bits per heavy atom. The molecule has 1 N–H and O–H groups in total. The van der Waals surface area contributed by atoms with Gasteiger partial charge in [-0.15, -0.1) is 0 Å². The van der Waals surface area contributed by atoms with Gasteiger partial charge in [-0.1, -0.05) is 37.3 Å². The summed E-state index contributed by atoms with van der Waals surface area (Å²) in [6.07, 6.45) is 8.06. The third kappa shape index (κ3) is 4.13. The minimum Gasteiger partial charge on any atom is -0.492 e. The molecule has 1 aliphatic heterocycles. The largest absolute Gasteiger partial charge is 0.492 e. The summed E-state index contributed by atoms with van der Waals surface area (Å²) in [5.41, 5.74) is 1.13. The van der Waals surface area contributed by atoms with Crippen LogP contribution in [-0.4, -0.2) is 41.7 Å². The van der Waals surface area contributed by atoms with E-state index >= 15 is 0 Å². The molecule has 0 radical (unpaired) electrons. The summed E-state index contributed by atoms with van der Waals surface area (Å²) >= 11 is 0. The van der Waals surface area contributed by atoms with Crippen molar-refractivity contribution >= 4 is 29.3 Å². The van der Waals surface area contributed by atoms with Crippen LogP contribution in [0.15, 0.2) is 58.6 Å². The normalized spacial score (nSPS) is 19.7. The average molecular weight is 366 g/mol. The molecule has 4 amide bonds. The molecule has 0 saturated heterocycles. The molecule has 1 unspecified atom stereocenters. The highest BCUT2D eigenvalue weighted by Crippen LogP contribution is 2.25. The van der Waals surface area contributed by atoms with Gasteiger partial charge in [-0.25, -0.2) is 9.59 Å². The molecular weight excluding hydrogens is 344 g/mol. The summed E-state index contributed by atoms with van der Waals surface area (Å²) in [5, 5.41) is 2.74. The fraction of sp³-hybridized carbons (Fsp3) is 0.300. The van der Waals surface area contributed by atoms with Crippen LogP contribution >= 0.6 is 0 Å². The molecule has 1 aromatic rings. The van der Waals surface area contributed by atoms with Crippen LogP contribution < -0.4 is 10.1 Å². The molecular formula is C20H22N4O3. The topological polar surface area (TPSA) is 83.4 Å². The molecule has 0 fully saturated rings. The van der Waals surface area contributed by atoms with Crippen molar-refractivity contribution in [1.29, 1.82) is 0 Å². The van der Waals surface area contributed by atoms with E-state index in [1.54, 1.807) is 24.3 Å². The van der Waals surface area contributed by atoms with Crippen LogP contribution in [0.25, 0.3) is 0 Å². The number of anilines is 1. The van der Waals surface area contributed by atoms with E-state index in [0.29, 0.717) is 36.1 Å². The summed E-state index contributed by atoms with van der Waals surface area (Å²) in [7, 11) is 0. The first-order valence-electron chi connectivity index (χ1n) is 9.00. The maximum absolute atomic E-state index is 12.6. The molecule has 2 aliphatic rings. The smallest absolute Gasteiger partial charge is 0.349 e. The lowest BCUT2D eigenvalue weighted by atomic mass is 9.94. The molecule has 0 bridgehead atoms. The second-order valence-electron chi connectivity index (χ2n) is 6.02. The van der Waals surface area contributed by atoms with Gasteiger partial charge in [0.2, 0.25) is 0 Å². The molecule has 1 aromatic carbocycles. The summed E-state index contributed by atoms with van der Waals surface area (Å²) in [4.78, 5) is 34.8. The Balaban J connectivity index is 1.89. The number of aliphatic imine (C=N–C) groups is 2. The molecule has 140 valence electrons. The number of ether oxygens (including phenoxy) is 1. The highest BCUT2D eigenvalue weighted by molar-refractivity contribution is 6.24. The minimum absolute atomic E-state index is 0.313. The zero-order valence-electron chi connectivity index (χ0n) is 15.4. The number of amides is 4. The van der Waals surface area contributed by atoms with E-state index < -0.39 is 12.1 Å². The van der Waals surface area contributed by atoms with Gasteiger partial charge in [0, 0.05) is 6.54 Å². The second kappa shape index (κ2) is 8.44. The molecule has 0 saturated carbocycles. The van der Waals surface area contributed by atoms with Crippen LogP contribution in [-0.2, 0) is 0 Å². The van der Waals surface area contributed by atoms with Crippen LogP contribution in [0.4, 0.5) is 15.3 Å². The van der Waals surface area contributed by atoms with Crippen molar-refractivity contribution in [3.63, 3.8) is 0 Å². The monoisotopic (exact) mass is 366 g/mol. The molecule has 1 aliphatic carbocycles. The summed E-state index contributed by atoms with van der Waals surface area (Å²) in [6.45, 7) is 4.77. The van der Waals surface area contributed by atoms with Gasteiger partial charge in [0.1, 0.15) is 11.6 Å². The predicted octanol–water partition coefficient (Wildman–Crippen LogP) is 4.04. The van der Waals surface area contributed by atoms with Crippen LogP contribution in [0.3, 0.4) is 0 Å². The highest BCUT2D eigenvalue weighted by atomic mass is 16.5. The Morgan fingerprint density at radius 3 is 2.89 bits per heavy atom. The summed E-state index contributed by atoms with van der Waals surface area (Å²) < 4.78 is 5.52. The Morgan fingerprint density at radius 1 is 1.30 bits per heavy atom. The van der Waals surface area contributed by atoms with Crippen LogP contribution in [0.1, 0.15) is 20.3 Å². The standard InChI is InChI=1S/C20H22N4O3/c1-3-13-24-18(14-9-5-6-10-15(14)22-20(24)26)23-19(25)21-16-11-7-8-12-17(16)27-4-2/h5-12,14H,3-4,13H2,1-2H3,(H,21,25)/b23-18+. The summed E-state index contributed by atoms with van der Waals surface area (Å²) in [5.74, 6) is 0.646. The third-order valence-electron chi connectivity index (χ3n) is 4.10. The maximum atomic E-state index is 12.6. The maximum Gasteiger partial charge on any atom is 0.349 e. The number of para-hydroxylation sites is 2. The number of carbonyl (C=O) groups excluding carboxylic acids is 2. The van der Waals surface area contributed by atoms with Crippen molar-refractivity contribution in [2.24, 2.45) is 15.9 Å². The molecule has 27 heavy (non-hydrogen) atoms. The van der Waals surface area contributed by atoms with Gasteiger partial charge in [0.25, 0.3) is 0 Å². The number of hydrogen-bond donors (Lipinski definition) is 1. The predicted molar refractivity (Wildman–Crippen MR) is 106 cm³/mol. The van der Waals surface area contributed by atoms with Crippen LogP contribution in [0.2, 0.25) is 0 Å². The lowest BCUT2D eigenvalue weighted by Gasteiger charge is -2.31. The zero-order chi connectivity index (χ0) is 19.2. The van der Waals surface area contributed by atoms with E-state index in [0.717, 1.165) is 6.42 Å².